The Labute approximate surface area is 140 Å². The van der Waals surface area contributed by atoms with Crippen LogP contribution in [0.5, 0.6) is 11.5 Å². The Bertz CT molecular complexity index is 902. The Balaban J connectivity index is 2.00. The lowest BCUT2D eigenvalue weighted by atomic mass is 10.1. The molecular weight excluding hydrogens is 302 g/mol. The van der Waals surface area contributed by atoms with Crippen molar-refractivity contribution in [1.82, 2.24) is 9.97 Å². The van der Waals surface area contributed by atoms with Crippen molar-refractivity contribution in [3.63, 3.8) is 0 Å². The molecule has 0 aliphatic heterocycles. The number of methoxy groups -OCH3 is 1. The predicted octanol–water partition coefficient (Wildman–Crippen LogP) is 4.03. The first-order valence-electron chi connectivity index (χ1n) is 7.63. The first-order chi connectivity index (χ1) is 11.7. The number of fused-ring (bicyclic) bond motifs is 1. The van der Waals surface area contributed by atoms with Crippen molar-refractivity contribution in [2.24, 2.45) is 0 Å². The van der Waals surface area contributed by atoms with E-state index in [1.165, 1.54) is 0 Å². The molecule has 5 nitrogen and oxygen atoms in total. The maximum Gasteiger partial charge on any atom is 0.161 e. The number of para-hydroxylation sites is 2. The monoisotopic (exact) mass is 319 g/mol. The molecule has 0 saturated heterocycles. The van der Waals surface area contributed by atoms with Crippen molar-refractivity contribution < 1.29 is 9.47 Å². The number of aromatic nitrogens is 2. The molecule has 2 aromatic carbocycles. The average molecular weight is 319 g/mol. The van der Waals surface area contributed by atoms with Crippen LogP contribution >= 0.6 is 0 Å². The van der Waals surface area contributed by atoms with Crippen LogP contribution in [0.25, 0.3) is 22.7 Å². The van der Waals surface area contributed by atoms with E-state index in [0.717, 1.165) is 16.6 Å². The lowest BCUT2D eigenvalue weighted by molar-refractivity contribution is 0.311. The molecule has 1 N–H and O–H groups in total. The molecule has 0 fully saturated rings. The molecule has 3 aromatic rings. The van der Waals surface area contributed by atoms with Gasteiger partial charge in [0.1, 0.15) is 11.9 Å². The third-order valence-electron chi connectivity index (χ3n) is 3.56. The van der Waals surface area contributed by atoms with Crippen LogP contribution in [0.2, 0.25) is 0 Å². The first kappa shape index (κ1) is 15.6. The van der Waals surface area contributed by atoms with Crippen LogP contribution in [0.3, 0.4) is 0 Å². The van der Waals surface area contributed by atoms with E-state index in [0.29, 0.717) is 29.5 Å². The number of aromatic amines is 1. The van der Waals surface area contributed by atoms with Gasteiger partial charge in [-0.25, -0.2) is 4.98 Å². The highest BCUT2D eigenvalue weighted by Crippen LogP contribution is 2.29. The summed E-state index contributed by atoms with van der Waals surface area (Å²) in [5.41, 5.74) is 3.03. The van der Waals surface area contributed by atoms with E-state index in [4.69, 9.17) is 9.47 Å². The maximum absolute atomic E-state index is 9.50. The summed E-state index contributed by atoms with van der Waals surface area (Å²) in [6.45, 7) is 2.48. The summed E-state index contributed by atoms with van der Waals surface area (Å²) in [4.78, 5) is 7.64. The highest BCUT2D eigenvalue weighted by Gasteiger charge is 2.09. The number of allylic oxidation sites excluding steroid dienone is 1. The number of nitrogens with one attached hydrogen (secondary N) is 1. The van der Waals surface area contributed by atoms with Gasteiger partial charge in [-0.05, 0) is 42.8 Å². The first-order valence-corrected chi connectivity index (χ1v) is 7.63. The minimum absolute atomic E-state index is 0.456. The number of nitriles is 1. The Morgan fingerprint density at radius 2 is 2.08 bits per heavy atom. The highest BCUT2D eigenvalue weighted by atomic mass is 16.5. The zero-order valence-electron chi connectivity index (χ0n) is 13.5. The number of benzene rings is 2. The fourth-order valence-electron chi connectivity index (χ4n) is 2.45. The van der Waals surface area contributed by atoms with Crippen molar-refractivity contribution in [2.45, 2.75) is 6.92 Å². The van der Waals surface area contributed by atoms with Crippen molar-refractivity contribution in [2.75, 3.05) is 13.7 Å². The second-order valence-corrected chi connectivity index (χ2v) is 5.12. The smallest absolute Gasteiger partial charge is 0.161 e. The molecular formula is C19H17N3O2. The largest absolute Gasteiger partial charge is 0.493 e. The van der Waals surface area contributed by atoms with Gasteiger partial charge >= 0.3 is 0 Å². The van der Waals surface area contributed by atoms with E-state index in [9.17, 15) is 5.26 Å². The standard InChI is InChI=1S/C19H17N3O2/c1-3-24-17-9-8-13(11-18(17)23-2)10-14(12-20)19-21-15-6-4-5-7-16(15)22-19/h4-11H,3H2,1-2H3,(H,21,22)/b14-10+. The number of H-pyrrole nitrogens is 1. The minimum atomic E-state index is 0.456. The zero-order chi connectivity index (χ0) is 16.9. The summed E-state index contributed by atoms with van der Waals surface area (Å²) in [5.74, 6) is 1.86. The number of ether oxygens (including phenoxy) is 2. The van der Waals surface area contributed by atoms with Crippen LogP contribution in [-0.4, -0.2) is 23.7 Å². The van der Waals surface area contributed by atoms with Gasteiger partial charge in [0.25, 0.3) is 0 Å². The van der Waals surface area contributed by atoms with Gasteiger partial charge in [-0.1, -0.05) is 18.2 Å². The second-order valence-electron chi connectivity index (χ2n) is 5.12. The van der Waals surface area contributed by atoms with Crippen molar-refractivity contribution in [3.8, 4) is 17.6 Å². The molecule has 1 aromatic heterocycles. The molecule has 1 heterocycles. The summed E-state index contributed by atoms with van der Waals surface area (Å²) in [6.07, 6.45) is 1.77. The van der Waals surface area contributed by atoms with Crippen LogP contribution in [0, 0.1) is 11.3 Å². The van der Waals surface area contributed by atoms with Crippen molar-refractivity contribution >= 4 is 22.7 Å². The maximum atomic E-state index is 9.50. The van der Waals surface area contributed by atoms with E-state index in [-0.39, 0.29) is 0 Å². The predicted molar refractivity (Wildman–Crippen MR) is 93.7 cm³/mol. The van der Waals surface area contributed by atoms with Gasteiger partial charge in [0.15, 0.2) is 11.5 Å². The van der Waals surface area contributed by atoms with E-state index in [1.54, 1.807) is 13.2 Å². The summed E-state index contributed by atoms with van der Waals surface area (Å²) in [6, 6.07) is 15.4. The lowest BCUT2D eigenvalue weighted by Crippen LogP contribution is -1.95. The van der Waals surface area contributed by atoms with Crippen molar-refractivity contribution in [1.29, 1.82) is 5.26 Å². The van der Waals surface area contributed by atoms with E-state index < -0.39 is 0 Å². The average Bonchev–Trinajstić information content (AvgIpc) is 3.04. The van der Waals surface area contributed by atoms with Crippen LogP contribution < -0.4 is 9.47 Å². The molecule has 24 heavy (non-hydrogen) atoms. The van der Waals surface area contributed by atoms with Crippen molar-refractivity contribution in [3.05, 3.63) is 53.9 Å². The third kappa shape index (κ3) is 3.08. The van der Waals surface area contributed by atoms with Crippen LogP contribution in [0.4, 0.5) is 0 Å². The fraction of sp³-hybridized carbons (Fsp3) is 0.158. The van der Waals surface area contributed by atoms with Gasteiger partial charge in [0.05, 0.1) is 30.3 Å². The molecule has 0 radical (unpaired) electrons. The molecule has 0 unspecified atom stereocenters. The van der Waals surface area contributed by atoms with Gasteiger partial charge in [0, 0.05) is 0 Å². The summed E-state index contributed by atoms with van der Waals surface area (Å²) in [5, 5.41) is 9.50. The van der Waals surface area contributed by atoms with E-state index >= 15 is 0 Å². The molecule has 5 heteroatoms. The lowest BCUT2D eigenvalue weighted by Gasteiger charge is -2.09. The highest BCUT2D eigenvalue weighted by molar-refractivity contribution is 5.90. The summed E-state index contributed by atoms with van der Waals surface area (Å²) in [7, 11) is 1.59. The quantitative estimate of drug-likeness (QED) is 0.721. The zero-order valence-corrected chi connectivity index (χ0v) is 13.5. The number of nitrogens with zero attached hydrogens (tertiary/aromatic N) is 2. The number of hydrogen-bond donors (Lipinski definition) is 1. The fourth-order valence-corrected chi connectivity index (χ4v) is 2.45. The van der Waals surface area contributed by atoms with Gasteiger partial charge in [-0.15, -0.1) is 0 Å². The van der Waals surface area contributed by atoms with Crippen LogP contribution in [0.1, 0.15) is 18.3 Å². The Hall–Kier alpha value is -3.26. The van der Waals surface area contributed by atoms with Crippen LogP contribution in [0.15, 0.2) is 42.5 Å². The molecule has 0 aliphatic rings. The summed E-state index contributed by atoms with van der Waals surface area (Å²) < 4.78 is 10.9. The molecule has 0 bridgehead atoms. The molecule has 0 spiro atoms. The van der Waals surface area contributed by atoms with E-state index in [2.05, 4.69) is 16.0 Å². The normalized spacial score (nSPS) is 11.3. The molecule has 0 amide bonds. The topological polar surface area (TPSA) is 70.9 Å². The Morgan fingerprint density at radius 3 is 2.79 bits per heavy atom. The SMILES string of the molecule is CCOc1ccc(/C=C(\C#N)c2nc3ccccc3[nH]2)cc1OC. The number of hydrogen-bond acceptors (Lipinski definition) is 4. The van der Waals surface area contributed by atoms with Gasteiger partial charge in [0.2, 0.25) is 0 Å². The van der Waals surface area contributed by atoms with Gasteiger partial charge in [-0.3, -0.25) is 0 Å². The Morgan fingerprint density at radius 1 is 1.25 bits per heavy atom. The van der Waals surface area contributed by atoms with Crippen LogP contribution in [-0.2, 0) is 0 Å². The number of imidazole rings is 1. The minimum Gasteiger partial charge on any atom is -0.493 e. The molecule has 0 atom stereocenters. The molecule has 120 valence electrons. The number of rotatable bonds is 5. The molecule has 0 saturated carbocycles. The second kappa shape index (κ2) is 6.88. The Kier molecular flexibility index (Phi) is 4.48. The molecule has 3 rings (SSSR count). The van der Waals surface area contributed by atoms with Gasteiger partial charge in [-0.2, -0.15) is 5.26 Å². The van der Waals surface area contributed by atoms with E-state index in [1.807, 2.05) is 49.4 Å². The molecule has 0 aliphatic carbocycles. The van der Waals surface area contributed by atoms with Gasteiger partial charge < -0.3 is 14.5 Å². The summed E-state index contributed by atoms with van der Waals surface area (Å²) >= 11 is 0. The third-order valence-corrected chi connectivity index (χ3v) is 3.56.